The van der Waals surface area contributed by atoms with Crippen molar-refractivity contribution in [2.75, 3.05) is 36.4 Å². The second-order valence-electron chi connectivity index (χ2n) is 7.88. The summed E-state index contributed by atoms with van der Waals surface area (Å²) in [5.74, 6) is -0.550. The van der Waals surface area contributed by atoms with Crippen LogP contribution in [0.5, 0.6) is 0 Å². The molecule has 3 N–H and O–H groups in total. The van der Waals surface area contributed by atoms with E-state index in [9.17, 15) is 14.7 Å². The zero-order valence-corrected chi connectivity index (χ0v) is 19.9. The molecule has 9 heteroatoms. The Hall–Kier alpha value is -2.32. The number of urea groups is 1. The number of hydrogen-bond donors (Lipinski definition) is 3. The summed E-state index contributed by atoms with van der Waals surface area (Å²) in [7, 11) is 0. The Kier molecular flexibility index (Phi) is 7.67. The van der Waals surface area contributed by atoms with E-state index < -0.39 is 17.7 Å². The molecule has 172 valence electrons. The van der Waals surface area contributed by atoms with Gasteiger partial charge in [0, 0.05) is 18.7 Å². The number of carbonyl (C=O) groups excluding carboxylic acids is 2. The Balaban J connectivity index is 1.96. The standard InChI is InChI=1S/C23H28Cl2N4O3/c1-4-28(5-2)14-15(3)13-26-21(30)23(32)17-8-6-7-9-20(17)27-22(31)29(23)16-10-11-18(24)19(25)12-16/h6-12,15,32H,4-5,13-14H2,1-3H3,(H,26,30)(H,27,31)/t15-,23+/m1/s1. The second-order valence-corrected chi connectivity index (χ2v) is 8.70. The van der Waals surface area contributed by atoms with E-state index in [1.165, 1.54) is 18.2 Å². The van der Waals surface area contributed by atoms with Crippen LogP contribution in [-0.2, 0) is 10.5 Å². The fourth-order valence-corrected chi connectivity index (χ4v) is 4.16. The molecule has 2 atom stereocenters. The van der Waals surface area contributed by atoms with E-state index in [1.54, 1.807) is 24.3 Å². The topological polar surface area (TPSA) is 84.9 Å². The summed E-state index contributed by atoms with van der Waals surface area (Å²) in [6.45, 7) is 9.18. The van der Waals surface area contributed by atoms with Gasteiger partial charge in [-0.2, -0.15) is 0 Å². The quantitative estimate of drug-likeness (QED) is 0.528. The Labute approximate surface area is 198 Å². The van der Waals surface area contributed by atoms with E-state index in [2.05, 4.69) is 29.4 Å². The fourth-order valence-electron chi connectivity index (χ4n) is 3.86. The van der Waals surface area contributed by atoms with Crippen LogP contribution >= 0.6 is 23.2 Å². The smallest absolute Gasteiger partial charge is 0.329 e. The number of fused-ring (bicyclic) bond motifs is 1. The van der Waals surface area contributed by atoms with Crippen molar-refractivity contribution in [3.05, 3.63) is 58.1 Å². The van der Waals surface area contributed by atoms with E-state index >= 15 is 0 Å². The van der Waals surface area contributed by atoms with Gasteiger partial charge in [0.2, 0.25) is 0 Å². The molecular weight excluding hydrogens is 451 g/mol. The molecule has 3 amide bonds. The normalized spacial score (nSPS) is 18.8. The predicted molar refractivity (Wildman–Crippen MR) is 128 cm³/mol. The van der Waals surface area contributed by atoms with Crippen LogP contribution in [0.25, 0.3) is 0 Å². The molecule has 0 unspecified atom stereocenters. The lowest BCUT2D eigenvalue weighted by atomic mass is 9.94. The van der Waals surface area contributed by atoms with Crippen molar-refractivity contribution in [2.24, 2.45) is 5.92 Å². The monoisotopic (exact) mass is 478 g/mol. The Bertz CT molecular complexity index is 999. The molecule has 0 aromatic heterocycles. The summed E-state index contributed by atoms with van der Waals surface area (Å²) in [5.41, 5.74) is -1.41. The molecule has 7 nitrogen and oxygen atoms in total. The highest BCUT2D eigenvalue weighted by Crippen LogP contribution is 2.41. The largest absolute Gasteiger partial charge is 0.359 e. The maximum Gasteiger partial charge on any atom is 0.329 e. The van der Waals surface area contributed by atoms with Gasteiger partial charge in [-0.05, 0) is 43.3 Å². The lowest BCUT2D eigenvalue weighted by Crippen LogP contribution is -2.63. The van der Waals surface area contributed by atoms with E-state index in [0.29, 0.717) is 17.3 Å². The Morgan fingerprint density at radius 3 is 2.53 bits per heavy atom. The highest BCUT2D eigenvalue weighted by Gasteiger charge is 2.52. The maximum atomic E-state index is 13.4. The van der Waals surface area contributed by atoms with E-state index in [1.807, 2.05) is 6.92 Å². The van der Waals surface area contributed by atoms with Crippen LogP contribution in [0.2, 0.25) is 10.0 Å². The van der Waals surface area contributed by atoms with Crippen molar-refractivity contribution < 1.29 is 14.7 Å². The van der Waals surface area contributed by atoms with Crippen LogP contribution in [-0.4, -0.2) is 48.1 Å². The van der Waals surface area contributed by atoms with Gasteiger partial charge in [0.05, 0.1) is 21.4 Å². The van der Waals surface area contributed by atoms with E-state index in [4.69, 9.17) is 23.2 Å². The number of anilines is 2. The SMILES string of the molecule is CCN(CC)C[C@H](C)CNC(=O)[C@@]1(O)c2ccccc2NC(=O)N1c1ccc(Cl)c(Cl)c1. The van der Waals surface area contributed by atoms with Crippen molar-refractivity contribution in [3.8, 4) is 0 Å². The van der Waals surface area contributed by atoms with Crippen molar-refractivity contribution >= 4 is 46.5 Å². The van der Waals surface area contributed by atoms with Crippen LogP contribution in [0.3, 0.4) is 0 Å². The minimum Gasteiger partial charge on any atom is -0.359 e. The third kappa shape index (κ3) is 4.71. The summed E-state index contributed by atoms with van der Waals surface area (Å²) in [6, 6.07) is 10.5. The fraction of sp³-hybridized carbons (Fsp3) is 0.391. The van der Waals surface area contributed by atoms with Crippen LogP contribution in [0, 0.1) is 5.92 Å². The van der Waals surface area contributed by atoms with Crippen molar-refractivity contribution in [1.29, 1.82) is 0 Å². The Morgan fingerprint density at radius 1 is 1.19 bits per heavy atom. The molecule has 0 aliphatic carbocycles. The van der Waals surface area contributed by atoms with Gasteiger partial charge in [-0.25, -0.2) is 4.79 Å². The predicted octanol–water partition coefficient (Wildman–Crippen LogP) is 4.28. The number of amides is 3. The van der Waals surface area contributed by atoms with Crippen molar-refractivity contribution in [3.63, 3.8) is 0 Å². The number of carbonyl (C=O) groups is 2. The number of nitrogens with zero attached hydrogens (tertiary/aromatic N) is 2. The van der Waals surface area contributed by atoms with E-state index in [-0.39, 0.29) is 22.2 Å². The van der Waals surface area contributed by atoms with Gasteiger partial charge in [0.25, 0.3) is 11.6 Å². The number of rotatable bonds is 8. The zero-order chi connectivity index (χ0) is 23.5. The van der Waals surface area contributed by atoms with Gasteiger partial charge in [-0.1, -0.05) is 62.2 Å². The first-order valence-corrected chi connectivity index (χ1v) is 11.4. The van der Waals surface area contributed by atoms with Gasteiger partial charge in [-0.3, -0.25) is 9.69 Å². The average Bonchev–Trinajstić information content (AvgIpc) is 2.78. The molecule has 2 aromatic rings. The first kappa shape index (κ1) is 24.3. The van der Waals surface area contributed by atoms with Gasteiger partial charge < -0.3 is 20.6 Å². The third-order valence-electron chi connectivity index (χ3n) is 5.62. The summed E-state index contributed by atoms with van der Waals surface area (Å²) in [6.07, 6.45) is 0. The summed E-state index contributed by atoms with van der Waals surface area (Å²) >= 11 is 12.2. The molecule has 2 aromatic carbocycles. The minimum absolute atomic E-state index is 0.147. The van der Waals surface area contributed by atoms with Crippen molar-refractivity contribution in [1.82, 2.24) is 10.2 Å². The van der Waals surface area contributed by atoms with Crippen LogP contribution in [0.1, 0.15) is 26.3 Å². The third-order valence-corrected chi connectivity index (χ3v) is 6.36. The van der Waals surface area contributed by atoms with Crippen molar-refractivity contribution in [2.45, 2.75) is 26.5 Å². The number of hydrogen-bond acceptors (Lipinski definition) is 4. The molecule has 1 heterocycles. The molecule has 0 fully saturated rings. The minimum atomic E-state index is -2.27. The molecule has 3 rings (SSSR count). The highest BCUT2D eigenvalue weighted by atomic mass is 35.5. The molecule has 0 saturated heterocycles. The lowest BCUT2D eigenvalue weighted by Gasteiger charge is -2.42. The molecule has 32 heavy (non-hydrogen) atoms. The molecule has 0 bridgehead atoms. The molecule has 1 aliphatic heterocycles. The van der Waals surface area contributed by atoms with Crippen LogP contribution < -0.4 is 15.5 Å². The summed E-state index contributed by atoms with van der Waals surface area (Å²) < 4.78 is 0. The Morgan fingerprint density at radius 2 is 1.88 bits per heavy atom. The number of para-hydroxylation sites is 1. The maximum absolute atomic E-state index is 13.4. The number of halogens is 2. The molecule has 1 aliphatic rings. The number of nitrogens with one attached hydrogen (secondary N) is 2. The first-order chi connectivity index (χ1) is 15.2. The van der Waals surface area contributed by atoms with Gasteiger partial charge in [0.15, 0.2) is 0 Å². The molecular formula is C23H28Cl2N4O3. The summed E-state index contributed by atoms with van der Waals surface area (Å²) in [4.78, 5) is 29.7. The van der Waals surface area contributed by atoms with Gasteiger partial charge in [-0.15, -0.1) is 0 Å². The lowest BCUT2D eigenvalue weighted by molar-refractivity contribution is -0.140. The molecule has 0 saturated carbocycles. The van der Waals surface area contributed by atoms with Crippen LogP contribution in [0.4, 0.5) is 16.2 Å². The second kappa shape index (κ2) is 10.1. The van der Waals surface area contributed by atoms with Gasteiger partial charge >= 0.3 is 6.03 Å². The number of aliphatic hydroxyl groups is 1. The van der Waals surface area contributed by atoms with Crippen LogP contribution in [0.15, 0.2) is 42.5 Å². The molecule has 0 spiro atoms. The van der Waals surface area contributed by atoms with E-state index in [0.717, 1.165) is 24.5 Å². The molecule has 0 radical (unpaired) electrons. The first-order valence-electron chi connectivity index (χ1n) is 10.6. The average molecular weight is 479 g/mol. The number of benzene rings is 2. The zero-order valence-electron chi connectivity index (χ0n) is 18.4. The highest BCUT2D eigenvalue weighted by molar-refractivity contribution is 6.42. The van der Waals surface area contributed by atoms with Gasteiger partial charge in [0.1, 0.15) is 0 Å². The summed E-state index contributed by atoms with van der Waals surface area (Å²) in [5, 5.41) is 17.8.